The summed E-state index contributed by atoms with van der Waals surface area (Å²) in [4.78, 5) is 0. The van der Waals surface area contributed by atoms with E-state index in [1.165, 1.54) is 0 Å². The standard InChI is InChI=1S/C19H19FN2/c1-2-3-14-17-18(15-10-6-4-7-11-15)22(21-19(17)20)16-12-8-5-9-13-16/h4-13H,2-3,14H2,1H3. The Morgan fingerprint density at radius 2 is 1.59 bits per heavy atom. The predicted molar refractivity (Wildman–Crippen MR) is 87.6 cm³/mol. The summed E-state index contributed by atoms with van der Waals surface area (Å²) in [6.45, 7) is 2.11. The molecule has 0 saturated carbocycles. The van der Waals surface area contributed by atoms with E-state index in [2.05, 4.69) is 12.0 Å². The molecule has 1 aromatic heterocycles. The van der Waals surface area contributed by atoms with E-state index >= 15 is 0 Å². The van der Waals surface area contributed by atoms with E-state index in [1.807, 2.05) is 60.7 Å². The highest BCUT2D eigenvalue weighted by molar-refractivity contribution is 5.66. The minimum atomic E-state index is -0.365. The predicted octanol–water partition coefficient (Wildman–Crippen LogP) is 5.02. The molecular weight excluding hydrogens is 275 g/mol. The van der Waals surface area contributed by atoms with Crippen molar-refractivity contribution in [3.05, 3.63) is 72.2 Å². The largest absolute Gasteiger partial charge is 0.236 e. The van der Waals surface area contributed by atoms with Crippen molar-refractivity contribution in [3.63, 3.8) is 0 Å². The van der Waals surface area contributed by atoms with Gasteiger partial charge in [-0.15, -0.1) is 5.10 Å². The van der Waals surface area contributed by atoms with E-state index in [0.29, 0.717) is 12.0 Å². The van der Waals surface area contributed by atoms with Gasteiger partial charge in [0.25, 0.3) is 0 Å². The molecule has 3 rings (SSSR count). The first-order valence-electron chi connectivity index (χ1n) is 7.69. The molecule has 0 radical (unpaired) electrons. The summed E-state index contributed by atoms with van der Waals surface area (Å²) < 4.78 is 16.2. The van der Waals surface area contributed by atoms with Crippen LogP contribution < -0.4 is 0 Å². The van der Waals surface area contributed by atoms with Crippen LogP contribution in [-0.4, -0.2) is 9.78 Å². The van der Waals surface area contributed by atoms with Gasteiger partial charge >= 0.3 is 0 Å². The Balaban J connectivity index is 2.18. The Hall–Kier alpha value is -2.42. The van der Waals surface area contributed by atoms with Crippen molar-refractivity contribution in [2.75, 3.05) is 0 Å². The molecule has 0 fully saturated rings. The van der Waals surface area contributed by atoms with E-state index in [4.69, 9.17) is 0 Å². The summed E-state index contributed by atoms with van der Waals surface area (Å²) in [5, 5.41) is 4.16. The van der Waals surface area contributed by atoms with Crippen LogP contribution >= 0.6 is 0 Å². The lowest BCUT2D eigenvalue weighted by Gasteiger charge is -2.09. The second-order valence-corrected chi connectivity index (χ2v) is 5.33. The van der Waals surface area contributed by atoms with E-state index in [9.17, 15) is 4.39 Å². The lowest BCUT2D eigenvalue weighted by Crippen LogP contribution is -2.00. The Morgan fingerprint density at radius 1 is 0.955 bits per heavy atom. The Labute approximate surface area is 130 Å². The molecule has 2 aromatic carbocycles. The Bertz CT molecular complexity index is 733. The minimum absolute atomic E-state index is 0.365. The highest BCUT2D eigenvalue weighted by Crippen LogP contribution is 2.29. The van der Waals surface area contributed by atoms with Crippen molar-refractivity contribution >= 4 is 0 Å². The van der Waals surface area contributed by atoms with Gasteiger partial charge in [-0.25, -0.2) is 4.68 Å². The zero-order valence-corrected chi connectivity index (χ0v) is 12.7. The molecular formula is C19H19FN2. The fraction of sp³-hybridized carbons (Fsp3) is 0.211. The normalized spacial score (nSPS) is 10.8. The molecule has 112 valence electrons. The number of nitrogens with zero attached hydrogens (tertiary/aromatic N) is 2. The molecule has 0 saturated heterocycles. The van der Waals surface area contributed by atoms with Gasteiger partial charge in [-0.3, -0.25) is 0 Å². The molecule has 0 amide bonds. The fourth-order valence-electron chi connectivity index (χ4n) is 2.65. The number of halogens is 1. The molecule has 0 aliphatic carbocycles. The van der Waals surface area contributed by atoms with Gasteiger partial charge in [0.1, 0.15) is 0 Å². The summed E-state index contributed by atoms with van der Waals surface area (Å²) in [6.07, 6.45) is 2.70. The van der Waals surface area contributed by atoms with Gasteiger partial charge in [0.15, 0.2) is 0 Å². The SMILES string of the molecule is CCCCc1c(F)nn(-c2ccccc2)c1-c1ccccc1. The Morgan fingerprint density at radius 3 is 2.23 bits per heavy atom. The van der Waals surface area contributed by atoms with Crippen molar-refractivity contribution in [3.8, 4) is 16.9 Å². The number of hydrogen-bond donors (Lipinski definition) is 0. The molecule has 3 heteroatoms. The smallest absolute Gasteiger partial charge is 0.230 e. The summed E-state index contributed by atoms with van der Waals surface area (Å²) in [5.41, 5.74) is 3.44. The number of hydrogen-bond acceptors (Lipinski definition) is 1. The first-order valence-corrected chi connectivity index (χ1v) is 7.69. The fourth-order valence-corrected chi connectivity index (χ4v) is 2.65. The number of benzene rings is 2. The van der Waals surface area contributed by atoms with Gasteiger partial charge in [-0.2, -0.15) is 4.39 Å². The molecule has 0 aliphatic heterocycles. The van der Waals surface area contributed by atoms with Crippen LogP contribution in [0.1, 0.15) is 25.3 Å². The molecule has 0 N–H and O–H groups in total. The lowest BCUT2D eigenvalue weighted by atomic mass is 10.0. The molecule has 0 spiro atoms. The summed E-state index contributed by atoms with van der Waals surface area (Å²) in [6, 6.07) is 19.6. The first kappa shape index (κ1) is 14.5. The number of para-hydroxylation sites is 1. The second-order valence-electron chi connectivity index (χ2n) is 5.33. The maximum absolute atomic E-state index is 14.4. The molecule has 3 aromatic rings. The maximum Gasteiger partial charge on any atom is 0.236 e. The van der Waals surface area contributed by atoms with Crippen LogP contribution in [0.5, 0.6) is 0 Å². The highest BCUT2D eigenvalue weighted by atomic mass is 19.1. The van der Waals surface area contributed by atoms with Gasteiger partial charge in [0, 0.05) is 11.1 Å². The summed E-state index contributed by atoms with van der Waals surface area (Å²) >= 11 is 0. The Kier molecular flexibility index (Phi) is 4.33. The quantitative estimate of drug-likeness (QED) is 0.646. The topological polar surface area (TPSA) is 17.8 Å². The van der Waals surface area contributed by atoms with Crippen LogP contribution in [0.3, 0.4) is 0 Å². The van der Waals surface area contributed by atoms with Crippen molar-refractivity contribution in [2.45, 2.75) is 26.2 Å². The van der Waals surface area contributed by atoms with Gasteiger partial charge < -0.3 is 0 Å². The second kappa shape index (κ2) is 6.56. The third-order valence-corrected chi connectivity index (χ3v) is 3.76. The van der Waals surface area contributed by atoms with E-state index < -0.39 is 0 Å². The average molecular weight is 294 g/mol. The molecule has 2 nitrogen and oxygen atoms in total. The molecule has 1 heterocycles. The summed E-state index contributed by atoms with van der Waals surface area (Å²) in [7, 11) is 0. The summed E-state index contributed by atoms with van der Waals surface area (Å²) in [5.74, 6) is -0.365. The maximum atomic E-state index is 14.4. The van der Waals surface area contributed by atoms with Crippen molar-refractivity contribution in [1.82, 2.24) is 9.78 Å². The molecule has 0 aliphatic rings. The third kappa shape index (κ3) is 2.80. The van der Waals surface area contributed by atoms with E-state index in [1.54, 1.807) is 4.68 Å². The van der Waals surface area contributed by atoms with Gasteiger partial charge in [0.05, 0.1) is 11.4 Å². The van der Waals surface area contributed by atoms with Crippen LogP contribution in [0.4, 0.5) is 4.39 Å². The van der Waals surface area contributed by atoms with Crippen LogP contribution in [0.15, 0.2) is 60.7 Å². The lowest BCUT2D eigenvalue weighted by molar-refractivity contribution is 0.552. The molecule has 22 heavy (non-hydrogen) atoms. The number of rotatable bonds is 5. The molecule has 0 atom stereocenters. The molecule has 0 unspecified atom stereocenters. The van der Waals surface area contributed by atoms with E-state index in [-0.39, 0.29) is 5.95 Å². The minimum Gasteiger partial charge on any atom is -0.230 e. The van der Waals surface area contributed by atoms with Crippen LogP contribution in [0, 0.1) is 5.95 Å². The van der Waals surface area contributed by atoms with Gasteiger partial charge in [-0.1, -0.05) is 61.9 Å². The van der Waals surface area contributed by atoms with Gasteiger partial charge in [-0.05, 0) is 25.0 Å². The van der Waals surface area contributed by atoms with Gasteiger partial charge in [0.2, 0.25) is 5.95 Å². The molecule has 0 bridgehead atoms. The third-order valence-electron chi connectivity index (χ3n) is 3.76. The zero-order chi connectivity index (χ0) is 15.4. The monoisotopic (exact) mass is 294 g/mol. The number of aromatic nitrogens is 2. The van der Waals surface area contributed by atoms with Crippen molar-refractivity contribution in [1.29, 1.82) is 0 Å². The van der Waals surface area contributed by atoms with Crippen LogP contribution in [-0.2, 0) is 6.42 Å². The van der Waals surface area contributed by atoms with Crippen LogP contribution in [0.2, 0.25) is 0 Å². The average Bonchev–Trinajstić information content (AvgIpc) is 2.91. The van der Waals surface area contributed by atoms with E-state index in [0.717, 1.165) is 29.8 Å². The number of unbranched alkanes of at least 4 members (excludes halogenated alkanes) is 1. The first-order chi connectivity index (χ1) is 10.8. The van der Waals surface area contributed by atoms with Crippen molar-refractivity contribution < 1.29 is 4.39 Å². The van der Waals surface area contributed by atoms with Crippen molar-refractivity contribution in [2.24, 2.45) is 0 Å². The zero-order valence-electron chi connectivity index (χ0n) is 12.7. The van der Waals surface area contributed by atoms with Crippen LogP contribution in [0.25, 0.3) is 16.9 Å². The highest BCUT2D eigenvalue weighted by Gasteiger charge is 2.19.